The molecule has 1 amide bonds. The normalized spacial score (nSPS) is 12.1. The molecule has 0 bridgehead atoms. The largest absolute Gasteiger partial charge is 0.480 e. The van der Waals surface area contributed by atoms with Crippen LogP contribution < -0.4 is 0 Å². The minimum Gasteiger partial charge on any atom is -0.480 e. The maximum Gasteiger partial charge on any atom is 0.326 e. The Kier molecular flexibility index (Phi) is 3.73. The lowest BCUT2D eigenvalue weighted by atomic mass is 10.2. The highest BCUT2D eigenvalue weighted by Crippen LogP contribution is 2.10. The monoisotopic (exact) mass is 229 g/mol. The van der Waals surface area contributed by atoms with E-state index in [4.69, 9.17) is 5.11 Å². The van der Waals surface area contributed by atoms with Crippen LogP contribution in [-0.2, 0) is 4.79 Å². The molecule has 0 spiro atoms. The van der Waals surface area contributed by atoms with Crippen LogP contribution in [0.5, 0.6) is 0 Å². The molecule has 0 saturated heterocycles. The molecule has 0 radical (unpaired) electrons. The van der Waals surface area contributed by atoms with Crippen LogP contribution in [0, 0.1) is 0 Å². The molecule has 15 heavy (non-hydrogen) atoms. The topological polar surface area (TPSA) is 83.4 Å². The summed E-state index contributed by atoms with van der Waals surface area (Å²) in [7, 11) is 1.46. The molecular weight excluding hydrogens is 218 g/mol. The molecule has 1 aromatic rings. The Morgan fingerprint density at radius 1 is 1.67 bits per heavy atom. The van der Waals surface area contributed by atoms with Crippen molar-refractivity contribution in [3.8, 4) is 0 Å². The maximum absolute atomic E-state index is 11.7. The van der Waals surface area contributed by atoms with E-state index < -0.39 is 12.0 Å². The van der Waals surface area contributed by atoms with Crippen LogP contribution in [-0.4, -0.2) is 44.6 Å². The van der Waals surface area contributed by atoms with Gasteiger partial charge < -0.3 is 10.0 Å². The van der Waals surface area contributed by atoms with E-state index in [9.17, 15) is 9.59 Å². The average molecular weight is 229 g/mol. The fourth-order valence-corrected chi connectivity index (χ4v) is 1.69. The molecule has 0 aliphatic carbocycles. The molecule has 1 aromatic heterocycles. The quantitative estimate of drug-likeness (QED) is 0.811. The molecule has 0 aliphatic heterocycles. The molecule has 1 rings (SSSR count). The van der Waals surface area contributed by atoms with Crippen molar-refractivity contribution in [1.29, 1.82) is 0 Å². The van der Waals surface area contributed by atoms with Crippen molar-refractivity contribution < 1.29 is 14.7 Å². The van der Waals surface area contributed by atoms with Crippen LogP contribution in [0.4, 0.5) is 0 Å². The van der Waals surface area contributed by atoms with Gasteiger partial charge in [-0.3, -0.25) is 4.79 Å². The minimum absolute atomic E-state index is 0.345. The number of nitrogens with zero attached hydrogens (tertiary/aromatic N) is 3. The van der Waals surface area contributed by atoms with Gasteiger partial charge in [0, 0.05) is 7.05 Å². The number of likely N-dealkylation sites (N-methyl/N-ethyl adjacent to an activating group) is 1. The van der Waals surface area contributed by atoms with Gasteiger partial charge in [-0.1, -0.05) is 11.4 Å². The highest BCUT2D eigenvalue weighted by atomic mass is 32.1. The minimum atomic E-state index is -1.01. The Morgan fingerprint density at radius 2 is 2.33 bits per heavy atom. The molecule has 1 heterocycles. The summed E-state index contributed by atoms with van der Waals surface area (Å²) in [4.78, 5) is 24.1. The number of amides is 1. The third-order valence-electron chi connectivity index (χ3n) is 2.03. The SMILES string of the molecule is CCC(C(=O)O)N(C)C(=O)c1cnns1. The molecule has 1 atom stereocenters. The lowest BCUT2D eigenvalue weighted by Crippen LogP contribution is -2.41. The molecule has 1 unspecified atom stereocenters. The summed E-state index contributed by atoms with van der Waals surface area (Å²) in [5, 5.41) is 12.4. The summed E-state index contributed by atoms with van der Waals surface area (Å²) in [6, 6.07) is -0.806. The maximum atomic E-state index is 11.7. The Labute approximate surface area is 90.7 Å². The van der Waals surface area contributed by atoms with Crippen LogP contribution in [0.15, 0.2) is 6.20 Å². The van der Waals surface area contributed by atoms with Crippen LogP contribution >= 0.6 is 11.5 Å². The first-order chi connectivity index (χ1) is 7.07. The van der Waals surface area contributed by atoms with Crippen molar-refractivity contribution in [3.05, 3.63) is 11.1 Å². The van der Waals surface area contributed by atoms with Crippen LogP contribution in [0.25, 0.3) is 0 Å². The van der Waals surface area contributed by atoms with Gasteiger partial charge in [0.25, 0.3) is 5.91 Å². The van der Waals surface area contributed by atoms with E-state index in [2.05, 4.69) is 9.59 Å². The molecular formula is C8H11N3O3S. The van der Waals surface area contributed by atoms with Crippen molar-refractivity contribution in [2.45, 2.75) is 19.4 Å². The summed E-state index contributed by atoms with van der Waals surface area (Å²) in [5.74, 6) is -1.37. The molecule has 0 saturated carbocycles. The molecule has 82 valence electrons. The summed E-state index contributed by atoms with van der Waals surface area (Å²) in [5.41, 5.74) is 0. The molecule has 1 N–H and O–H groups in total. The van der Waals surface area contributed by atoms with Gasteiger partial charge in [0.15, 0.2) is 0 Å². The van der Waals surface area contributed by atoms with Crippen molar-refractivity contribution in [1.82, 2.24) is 14.5 Å². The standard InChI is InChI=1S/C8H11N3O3S/c1-3-5(8(13)14)11(2)7(12)6-4-9-10-15-6/h4-5H,3H2,1-2H3,(H,13,14). The van der Waals surface area contributed by atoms with E-state index in [0.29, 0.717) is 11.3 Å². The molecule has 6 nitrogen and oxygen atoms in total. The molecule has 7 heteroatoms. The lowest BCUT2D eigenvalue weighted by Gasteiger charge is -2.22. The van der Waals surface area contributed by atoms with Crippen LogP contribution in [0.2, 0.25) is 0 Å². The third kappa shape index (κ3) is 2.50. The van der Waals surface area contributed by atoms with E-state index in [1.807, 2.05) is 0 Å². The first-order valence-electron chi connectivity index (χ1n) is 4.35. The molecule has 0 aromatic carbocycles. The van der Waals surface area contributed by atoms with Gasteiger partial charge >= 0.3 is 5.97 Å². The first-order valence-corrected chi connectivity index (χ1v) is 5.12. The number of carboxylic acids is 1. The second kappa shape index (κ2) is 4.83. The predicted molar refractivity (Wildman–Crippen MR) is 53.7 cm³/mol. The number of carboxylic acid groups (broad SMARTS) is 1. The number of carbonyl (C=O) groups excluding carboxylic acids is 1. The number of aromatic nitrogens is 2. The molecule has 0 fully saturated rings. The van der Waals surface area contributed by atoms with E-state index in [1.165, 1.54) is 18.1 Å². The average Bonchev–Trinajstić information content (AvgIpc) is 2.69. The summed E-state index contributed by atoms with van der Waals surface area (Å²) in [6.07, 6.45) is 1.70. The van der Waals surface area contributed by atoms with Crippen LogP contribution in [0.3, 0.4) is 0 Å². The van der Waals surface area contributed by atoms with Crippen molar-refractivity contribution in [2.75, 3.05) is 7.05 Å². The van der Waals surface area contributed by atoms with Gasteiger partial charge in [-0.15, -0.1) is 5.10 Å². The number of aliphatic carboxylic acids is 1. The van der Waals surface area contributed by atoms with Crippen molar-refractivity contribution in [3.63, 3.8) is 0 Å². The summed E-state index contributed by atoms with van der Waals surface area (Å²) >= 11 is 0.954. The fraction of sp³-hybridized carbons (Fsp3) is 0.500. The van der Waals surface area contributed by atoms with Gasteiger partial charge in [0.05, 0.1) is 6.20 Å². The van der Waals surface area contributed by atoms with E-state index in [1.54, 1.807) is 6.92 Å². The van der Waals surface area contributed by atoms with E-state index >= 15 is 0 Å². The fourth-order valence-electron chi connectivity index (χ4n) is 1.19. The number of hydrogen-bond donors (Lipinski definition) is 1. The Hall–Kier alpha value is -1.50. The lowest BCUT2D eigenvalue weighted by molar-refractivity contribution is -0.142. The van der Waals surface area contributed by atoms with Gasteiger partial charge in [0.1, 0.15) is 10.9 Å². The van der Waals surface area contributed by atoms with Crippen molar-refractivity contribution >= 4 is 23.4 Å². The Bertz CT molecular complexity index is 352. The first kappa shape index (κ1) is 11.6. The smallest absolute Gasteiger partial charge is 0.326 e. The third-order valence-corrected chi connectivity index (χ3v) is 2.68. The van der Waals surface area contributed by atoms with Crippen molar-refractivity contribution in [2.24, 2.45) is 0 Å². The second-order valence-electron chi connectivity index (χ2n) is 2.96. The van der Waals surface area contributed by atoms with Gasteiger partial charge in [0.2, 0.25) is 0 Å². The highest BCUT2D eigenvalue weighted by molar-refractivity contribution is 7.07. The van der Waals surface area contributed by atoms with Gasteiger partial charge in [-0.2, -0.15) is 0 Å². The predicted octanol–water partition coefficient (Wildman–Crippen LogP) is 0.473. The zero-order valence-electron chi connectivity index (χ0n) is 8.38. The Morgan fingerprint density at radius 3 is 2.73 bits per heavy atom. The number of carbonyl (C=O) groups is 2. The van der Waals surface area contributed by atoms with Gasteiger partial charge in [-0.05, 0) is 18.0 Å². The van der Waals surface area contributed by atoms with Crippen LogP contribution in [0.1, 0.15) is 23.0 Å². The number of hydrogen-bond acceptors (Lipinski definition) is 5. The summed E-state index contributed by atoms with van der Waals surface area (Å²) < 4.78 is 3.55. The van der Waals surface area contributed by atoms with E-state index in [-0.39, 0.29) is 5.91 Å². The number of rotatable bonds is 4. The highest BCUT2D eigenvalue weighted by Gasteiger charge is 2.26. The Balaban J connectivity index is 2.80. The molecule has 0 aliphatic rings. The van der Waals surface area contributed by atoms with Gasteiger partial charge in [-0.25, -0.2) is 4.79 Å². The summed E-state index contributed by atoms with van der Waals surface area (Å²) in [6.45, 7) is 1.72. The second-order valence-corrected chi connectivity index (χ2v) is 3.75. The zero-order chi connectivity index (χ0) is 11.4. The zero-order valence-corrected chi connectivity index (χ0v) is 9.19. The van der Waals surface area contributed by atoms with E-state index in [0.717, 1.165) is 11.5 Å².